The standard InChI is InChI=1S/C49H54N10O10S2/c1-56-30-53-39-26-37(55-46(44(39)48(56)60)50-27-34-5-4-17-68-34)32-7-11-41(59-15-20-67-21-16-59)43(24-32)71(64,65)22-12-33-8-9-35(69-33)28-51-47-45-38(52-29-57(2)49(45)61)25-36(54-47)31-6-10-40(42(23-31)70(3,62)63)58-13-18-66-19-14-58/h6-11,23-26,29-30,34H,4-5,12-22,27-28H2,1-3H3,(H,50,55)(H,51,54)/t34-/m0/s1. The van der Waals surface area contributed by atoms with E-state index in [2.05, 4.69) is 20.6 Å². The van der Waals surface area contributed by atoms with Crippen LogP contribution in [0, 0.1) is 0 Å². The normalized spacial score (nSPS) is 16.8. The van der Waals surface area contributed by atoms with Crippen molar-refractivity contribution < 1.29 is 35.5 Å². The van der Waals surface area contributed by atoms with Gasteiger partial charge < -0.3 is 48.2 Å². The summed E-state index contributed by atoms with van der Waals surface area (Å²) in [6, 6.07) is 17.3. The number of furan rings is 1. The van der Waals surface area contributed by atoms with Gasteiger partial charge in [0.25, 0.3) is 11.1 Å². The van der Waals surface area contributed by atoms with E-state index in [0.29, 0.717) is 133 Å². The number of aromatic nitrogens is 6. The van der Waals surface area contributed by atoms with Gasteiger partial charge in [0.2, 0.25) is 0 Å². The van der Waals surface area contributed by atoms with Crippen LogP contribution < -0.4 is 31.6 Å². The van der Waals surface area contributed by atoms with Gasteiger partial charge in [-0.05, 0) is 61.4 Å². The lowest BCUT2D eigenvalue weighted by atomic mass is 10.1. The van der Waals surface area contributed by atoms with Crippen LogP contribution in [0.4, 0.5) is 23.0 Å². The fraction of sp³-hybridized carbons (Fsp3) is 0.388. The van der Waals surface area contributed by atoms with Gasteiger partial charge in [-0.25, -0.2) is 36.8 Å². The maximum absolute atomic E-state index is 14.6. The Morgan fingerprint density at radius 1 is 0.662 bits per heavy atom. The highest BCUT2D eigenvalue weighted by Gasteiger charge is 2.27. The highest BCUT2D eigenvalue weighted by atomic mass is 32.2. The molecule has 7 aromatic rings. The van der Waals surface area contributed by atoms with Crippen molar-refractivity contribution in [3.63, 3.8) is 0 Å². The Kier molecular flexibility index (Phi) is 13.4. The average Bonchev–Trinajstić information content (AvgIpc) is 4.09. The van der Waals surface area contributed by atoms with Gasteiger partial charge in [0.15, 0.2) is 19.7 Å². The summed E-state index contributed by atoms with van der Waals surface area (Å²) in [5.41, 5.74) is 3.20. The van der Waals surface area contributed by atoms with E-state index < -0.39 is 19.7 Å². The first kappa shape index (κ1) is 47.9. The molecule has 3 fully saturated rings. The molecule has 8 heterocycles. The fourth-order valence-corrected chi connectivity index (χ4v) is 11.6. The highest BCUT2D eigenvalue weighted by Crippen LogP contribution is 2.36. The topological polar surface area (TPSA) is 235 Å². The molecule has 71 heavy (non-hydrogen) atoms. The van der Waals surface area contributed by atoms with Crippen LogP contribution in [0.5, 0.6) is 0 Å². The number of hydrogen-bond donors (Lipinski definition) is 2. The molecule has 0 aliphatic carbocycles. The van der Waals surface area contributed by atoms with Crippen molar-refractivity contribution in [3.05, 3.63) is 106 Å². The van der Waals surface area contributed by atoms with Crippen LogP contribution in [0.1, 0.15) is 24.4 Å². The van der Waals surface area contributed by atoms with Crippen LogP contribution in [-0.4, -0.2) is 130 Å². The third-order valence-electron chi connectivity index (χ3n) is 13.0. The molecule has 5 aromatic heterocycles. The Morgan fingerprint density at radius 3 is 1.75 bits per heavy atom. The smallest absolute Gasteiger partial charge is 0.264 e. The SMILES string of the molecule is Cn1cnc2cc(-c3ccc(N4CCOCC4)c(S(C)(=O)=O)c3)nc(NCc3ccc(CCS(=O)(=O)c4cc(-c5cc6ncn(C)c(=O)c6c(NC[C@@H]6CCCO6)n5)ccc4N4CCOCC4)o3)c2c1=O. The first-order chi connectivity index (χ1) is 34.2. The Morgan fingerprint density at radius 2 is 1.20 bits per heavy atom. The second-order valence-corrected chi connectivity index (χ2v) is 22.0. The van der Waals surface area contributed by atoms with E-state index >= 15 is 0 Å². The van der Waals surface area contributed by atoms with E-state index in [1.54, 1.807) is 68.7 Å². The predicted octanol–water partition coefficient (Wildman–Crippen LogP) is 4.19. The summed E-state index contributed by atoms with van der Waals surface area (Å²) in [6.45, 7) is 5.19. The molecule has 0 spiro atoms. The number of nitrogens with one attached hydrogen (secondary N) is 2. The number of pyridine rings is 2. The number of anilines is 4. The summed E-state index contributed by atoms with van der Waals surface area (Å²) in [5, 5.41) is 7.12. The molecule has 3 aliphatic rings. The molecular weight excluding hydrogens is 953 g/mol. The number of nitrogens with zero attached hydrogens (tertiary/aromatic N) is 8. The van der Waals surface area contributed by atoms with Crippen molar-refractivity contribution in [1.29, 1.82) is 0 Å². The maximum atomic E-state index is 14.6. The number of benzene rings is 2. The number of sulfone groups is 2. The molecular formula is C49H54N10O10S2. The van der Waals surface area contributed by atoms with Gasteiger partial charge >= 0.3 is 0 Å². The maximum Gasteiger partial charge on any atom is 0.264 e. The van der Waals surface area contributed by atoms with Crippen molar-refractivity contribution in [2.24, 2.45) is 14.1 Å². The zero-order valence-electron chi connectivity index (χ0n) is 39.6. The minimum absolute atomic E-state index is 0.0271. The second-order valence-electron chi connectivity index (χ2n) is 18.0. The first-order valence-electron chi connectivity index (χ1n) is 23.5. The molecule has 0 amide bonds. The molecule has 372 valence electrons. The van der Waals surface area contributed by atoms with E-state index in [-0.39, 0.29) is 56.9 Å². The number of rotatable bonds is 15. The third-order valence-corrected chi connectivity index (χ3v) is 15.9. The largest absolute Gasteiger partial charge is 0.464 e. The number of fused-ring (bicyclic) bond motifs is 2. The summed E-state index contributed by atoms with van der Waals surface area (Å²) >= 11 is 0. The minimum Gasteiger partial charge on any atom is -0.464 e. The molecule has 10 rings (SSSR count). The summed E-state index contributed by atoms with van der Waals surface area (Å²) in [6.07, 6.45) is 5.91. The molecule has 0 saturated carbocycles. The number of hydrogen-bond acceptors (Lipinski definition) is 18. The number of ether oxygens (including phenoxy) is 3. The van der Waals surface area contributed by atoms with E-state index in [0.717, 1.165) is 12.8 Å². The highest BCUT2D eigenvalue weighted by molar-refractivity contribution is 7.91. The van der Waals surface area contributed by atoms with E-state index in [1.807, 2.05) is 15.9 Å². The Bertz CT molecular complexity index is 3510. The molecule has 2 aromatic carbocycles. The van der Waals surface area contributed by atoms with Crippen LogP contribution in [0.3, 0.4) is 0 Å². The molecule has 0 bridgehead atoms. The van der Waals surface area contributed by atoms with Gasteiger partial charge in [0.05, 0.1) is 101 Å². The van der Waals surface area contributed by atoms with Crippen LogP contribution in [0.15, 0.2) is 97.1 Å². The molecule has 0 unspecified atom stereocenters. The fourth-order valence-electron chi connectivity index (χ4n) is 9.20. The Hall–Kier alpha value is -6.72. The minimum atomic E-state index is -3.97. The van der Waals surface area contributed by atoms with Gasteiger partial charge in [-0.3, -0.25) is 9.59 Å². The van der Waals surface area contributed by atoms with Crippen molar-refractivity contribution in [3.8, 4) is 22.5 Å². The zero-order valence-corrected chi connectivity index (χ0v) is 41.2. The van der Waals surface area contributed by atoms with Crippen molar-refractivity contribution in [2.45, 2.75) is 41.7 Å². The lowest BCUT2D eigenvalue weighted by Crippen LogP contribution is -2.37. The summed E-state index contributed by atoms with van der Waals surface area (Å²) in [7, 11) is -4.41. The molecule has 2 N–H and O–H groups in total. The van der Waals surface area contributed by atoms with Gasteiger partial charge in [-0.15, -0.1) is 0 Å². The van der Waals surface area contributed by atoms with E-state index in [1.165, 1.54) is 28.0 Å². The second kappa shape index (κ2) is 19.8. The van der Waals surface area contributed by atoms with Crippen LogP contribution in [0.2, 0.25) is 0 Å². The third kappa shape index (κ3) is 10.1. The average molecular weight is 1010 g/mol. The van der Waals surface area contributed by atoms with Gasteiger partial charge in [-0.1, -0.05) is 12.1 Å². The lowest BCUT2D eigenvalue weighted by molar-refractivity contribution is 0.120. The van der Waals surface area contributed by atoms with Gasteiger partial charge in [-0.2, -0.15) is 0 Å². The predicted molar refractivity (Wildman–Crippen MR) is 269 cm³/mol. The molecule has 1 atom stereocenters. The first-order valence-corrected chi connectivity index (χ1v) is 27.0. The molecule has 20 nitrogen and oxygen atoms in total. The molecule has 22 heteroatoms. The molecule has 0 radical (unpaired) electrons. The van der Waals surface area contributed by atoms with Crippen LogP contribution >= 0.6 is 0 Å². The summed E-state index contributed by atoms with van der Waals surface area (Å²) < 4.78 is 81.3. The number of aryl methyl sites for hydroxylation is 3. The summed E-state index contributed by atoms with van der Waals surface area (Å²) in [5.74, 6) is 1.17. The van der Waals surface area contributed by atoms with Crippen LogP contribution in [0.25, 0.3) is 44.3 Å². The monoisotopic (exact) mass is 1010 g/mol. The summed E-state index contributed by atoms with van der Waals surface area (Å²) in [4.78, 5) is 50.0. The van der Waals surface area contributed by atoms with Gasteiger partial charge in [0, 0.05) is 77.2 Å². The zero-order chi connectivity index (χ0) is 49.4. The Labute approximate surface area is 409 Å². The van der Waals surface area contributed by atoms with Crippen molar-refractivity contribution in [2.75, 3.05) is 98.2 Å². The quantitative estimate of drug-likeness (QED) is 0.146. The van der Waals surface area contributed by atoms with Crippen molar-refractivity contribution >= 4 is 64.5 Å². The van der Waals surface area contributed by atoms with Crippen LogP contribution in [-0.2, 0) is 60.9 Å². The molecule has 3 aliphatic heterocycles. The van der Waals surface area contributed by atoms with E-state index in [9.17, 15) is 26.4 Å². The van der Waals surface area contributed by atoms with E-state index in [4.69, 9.17) is 28.6 Å². The number of morpholine rings is 2. The van der Waals surface area contributed by atoms with Crippen molar-refractivity contribution in [1.82, 2.24) is 29.1 Å². The molecule has 3 saturated heterocycles. The lowest BCUT2D eigenvalue weighted by Gasteiger charge is -2.30. The van der Waals surface area contributed by atoms with Gasteiger partial charge in [0.1, 0.15) is 33.9 Å². The Balaban J connectivity index is 0.913.